The molecule has 468 valence electrons. The summed E-state index contributed by atoms with van der Waals surface area (Å²) >= 11 is 0. The SMILES string of the molecule is C#Cc1c(F)ccc2cc(O)cc(-c3ncc4c(N5CC6CCCC5CN6C(=O)OC(C)(C)C)nc(OCCN5CCC(CC6CN(c7cc([C@H](C(=O)N8C[C@H](O)C[C@H]8C(=O)N[C@@H](C)c8ccc(-c9ccnn9C)cc8)C(C)C)on7)C6)CC5)nc4c3F)c12. The molecule has 3 amide bonds. The number of anilines is 2. The average molecular weight is 1220 g/mol. The van der Waals surface area contributed by atoms with Crippen LogP contribution in [0.25, 0.3) is 44.2 Å². The van der Waals surface area contributed by atoms with Gasteiger partial charge in [-0.3, -0.25) is 24.2 Å². The summed E-state index contributed by atoms with van der Waals surface area (Å²) in [5.41, 5.74) is 2.00. The van der Waals surface area contributed by atoms with Gasteiger partial charge < -0.3 is 49.1 Å². The van der Waals surface area contributed by atoms with E-state index in [4.69, 9.17) is 25.4 Å². The maximum absolute atomic E-state index is 17.4. The molecule has 6 saturated heterocycles. The minimum absolute atomic E-state index is 0.0234. The first-order chi connectivity index (χ1) is 42.7. The molecule has 0 spiro atoms. The lowest BCUT2D eigenvalue weighted by molar-refractivity contribution is -0.141. The number of aliphatic hydroxyl groups is 1. The zero-order valence-electron chi connectivity index (χ0n) is 51.5. The Hall–Kier alpha value is -8.42. The van der Waals surface area contributed by atoms with E-state index in [1.807, 2.05) is 85.0 Å². The largest absolute Gasteiger partial charge is 0.508 e. The Balaban J connectivity index is 0.668. The van der Waals surface area contributed by atoms with Gasteiger partial charge in [-0.15, -0.1) is 6.42 Å². The fraction of sp³-hybridized carbons (Fsp3) is 0.493. The Labute approximate surface area is 516 Å². The monoisotopic (exact) mass is 1220 g/mol. The van der Waals surface area contributed by atoms with E-state index in [0.29, 0.717) is 59.6 Å². The standard InChI is InChI=1S/C67H78F2N12O8/c1-9-49-52(68)18-17-44-28-47(82)29-50(58(44)49)60-59(69)61-51(32-70-60)62(79-35-46-12-10-11-45(79)36-80(46)66(86)88-67(5,6)7)74-65(73-61)87-26-25-77-23-20-40(21-24-77)27-41-33-78(34-41)56-31-55(89-75-56)57(38(2)3)64(85)81-37-48(83)30-54(81)63(84)72-39(4)42-13-15-43(16-14-42)53-19-22-71-76(53)8/h1,13-19,22,28-29,31-32,38-41,45-46,48,54,57,82-83H,10-12,20-21,23-27,30,33-37H2,2-8H3,(H,72,84)/t39-,45?,46?,48+,54-,57+/m0/s1. The summed E-state index contributed by atoms with van der Waals surface area (Å²) in [6.07, 6.45) is 13.4. The molecule has 6 aliphatic heterocycles. The number of pyridine rings is 1. The molecule has 6 aliphatic rings. The predicted octanol–water partition coefficient (Wildman–Crippen LogP) is 9.37. The molecule has 0 aliphatic carbocycles. The number of carbonyl (C=O) groups excluding carboxylic acids is 3. The molecule has 22 heteroatoms. The first kappa shape index (κ1) is 60.8. The molecule has 2 bridgehead atoms. The van der Waals surface area contributed by atoms with Crippen LogP contribution < -0.4 is 19.9 Å². The van der Waals surface area contributed by atoms with E-state index in [1.54, 1.807) is 15.8 Å². The van der Waals surface area contributed by atoms with Gasteiger partial charge in [0.15, 0.2) is 17.4 Å². The number of β-amino-alcohol motifs (C(OH)–C–C–N with tert-alkyl or cyclic N) is 1. The Morgan fingerprint density at radius 3 is 2.39 bits per heavy atom. The number of phenols is 1. The number of aliphatic hydroxyl groups excluding tert-OH is 1. The molecule has 2 unspecified atom stereocenters. The molecular formula is C67H78F2N12O8. The molecule has 13 rings (SSSR count). The van der Waals surface area contributed by atoms with Crippen LogP contribution in [0.1, 0.15) is 115 Å². The van der Waals surface area contributed by atoms with Crippen molar-refractivity contribution >= 4 is 51.2 Å². The highest BCUT2D eigenvalue weighted by molar-refractivity contribution is 6.03. The van der Waals surface area contributed by atoms with Crippen LogP contribution in [0.3, 0.4) is 0 Å². The normalized spacial score (nSPS) is 20.9. The Morgan fingerprint density at radius 1 is 0.910 bits per heavy atom. The number of amides is 3. The number of phenolic OH excluding ortho intramolecular Hbond substituents is 1. The number of hydrogen-bond donors (Lipinski definition) is 3. The third-order valence-corrected chi connectivity index (χ3v) is 18.6. The van der Waals surface area contributed by atoms with E-state index in [2.05, 4.69) is 46.2 Å². The Bertz CT molecular complexity index is 3830. The van der Waals surface area contributed by atoms with Crippen molar-refractivity contribution in [3.63, 3.8) is 0 Å². The van der Waals surface area contributed by atoms with Gasteiger partial charge in [0, 0.05) is 88.2 Å². The number of rotatable bonds is 16. The number of aromatic nitrogens is 6. The van der Waals surface area contributed by atoms with Gasteiger partial charge in [-0.05, 0) is 138 Å². The molecule has 4 aromatic heterocycles. The number of ether oxygens (including phenoxy) is 2. The summed E-state index contributed by atoms with van der Waals surface area (Å²) in [7, 11) is 1.89. The predicted molar refractivity (Wildman–Crippen MR) is 332 cm³/mol. The van der Waals surface area contributed by atoms with Gasteiger partial charge in [-0.1, -0.05) is 55.3 Å². The van der Waals surface area contributed by atoms with E-state index < -0.39 is 35.3 Å². The highest BCUT2D eigenvalue weighted by Gasteiger charge is 2.45. The number of halogens is 2. The molecule has 3 N–H and O–H groups in total. The maximum Gasteiger partial charge on any atom is 0.410 e. The lowest BCUT2D eigenvalue weighted by atomic mass is 9.83. The smallest absolute Gasteiger partial charge is 0.410 e. The number of nitrogens with one attached hydrogen (secondary N) is 1. The fourth-order valence-electron chi connectivity index (χ4n) is 14.0. The molecule has 3 aromatic carbocycles. The van der Waals surface area contributed by atoms with Crippen LogP contribution in [-0.4, -0.2) is 162 Å². The van der Waals surface area contributed by atoms with Crippen LogP contribution in [0.5, 0.6) is 11.8 Å². The highest BCUT2D eigenvalue weighted by atomic mass is 19.1. The van der Waals surface area contributed by atoms with E-state index in [1.165, 1.54) is 35.4 Å². The minimum Gasteiger partial charge on any atom is -0.508 e. The Kier molecular flexibility index (Phi) is 17.0. The highest BCUT2D eigenvalue weighted by Crippen LogP contribution is 2.42. The van der Waals surface area contributed by atoms with Gasteiger partial charge in [0.2, 0.25) is 11.8 Å². The zero-order valence-corrected chi connectivity index (χ0v) is 51.5. The second-order valence-corrected chi connectivity index (χ2v) is 26.2. The van der Waals surface area contributed by atoms with E-state index in [-0.39, 0.29) is 101 Å². The molecule has 20 nitrogen and oxygen atoms in total. The van der Waals surface area contributed by atoms with Gasteiger partial charge in [-0.2, -0.15) is 15.1 Å². The number of aryl methyl sites for hydroxylation is 1. The third-order valence-electron chi connectivity index (χ3n) is 18.6. The molecular weight excluding hydrogens is 1140 g/mol. The van der Waals surface area contributed by atoms with Gasteiger partial charge in [0.05, 0.1) is 34.8 Å². The van der Waals surface area contributed by atoms with Gasteiger partial charge >= 0.3 is 12.1 Å². The van der Waals surface area contributed by atoms with Crippen LogP contribution in [-0.2, 0) is 21.4 Å². The van der Waals surface area contributed by atoms with Crippen molar-refractivity contribution in [3.05, 3.63) is 102 Å². The van der Waals surface area contributed by atoms with Crippen LogP contribution in [0, 0.1) is 41.7 Å². The van der Waals surface area contributed by atoms with Crippen LogP contribution >= 0.6 is 0 Å². The van der Waals surface area contributed by atoms with E-state index in [0.717, 1.165) is 81.5 Å². The number of nitrogens with zero attached hydrogens (tertiary/aromatic N) is 11. The second kappa shape index (κ2) is 24.9. The van der Waals surface area contributed by atoms with Crippen molar-refractivity contribution in [3.8, 4) is 46.6 Å². The number of piperazine rings is 1. The molecule has 7 aromatic rings. The fourth-order valence-corrected chi connectivity index (χ4v) is 14.0. The average Bonchev–Trinajstić information content (AvgIpc) is 1.30. The van der Waals surface area contributed by atoms with Crippen LogP contribution in [0.2, 0.25) is 0 Å². The summed E-state index contributed by atoms with van der Waals surface area (Å²) in [5.74, 6) is 1.78. The minimum atomic E-state index is -0.845. The van der Waals surface area contributed by atoms with Gasteiger partial charge in [0.1, 0.15) is 52.8 Å². The van der Waals surface area contributed by atoms with E-state index >= 15 is 8.78 Å². The molecule has 6 fully saturated rings. The van der Waals surface area contributed by atoms with Crippen molar-refractivity contribution in [1.29, 1.82) is 0 Å². The van der Waals surface area contributed by atoms with Crippen molar-refractivity contribution in [2.24, 2.45) is 24.8 Å². The topological polar surface area (TPSA) is 221 Å². The lowest BCUT2D eigenvalue weighted by Crippen LogP contribution is -2.59. The molecule has 6 atom stereocenters. The van der Waals surface area contributed by atoms with Crippen molar-refractivity contribution in [1.82, 2.24) is 49.9 Å². The van der Waals surface area contributed by atoms with Gasteiger partial charge in [0.25, 0.3) is 0 Å². The second-order valence-electron chi connectivity index (χ2n) is 26.2. The van der Waals surface area contributed by atoms with Gasteiger partial charge in [-0.25, -0.2) is 13.6 Å². The number of likely N-dealkylation sites (tertiary alicyclic amines) is 2. The van der Waals surface area contributed by atoms with Crippen molar-refractivity contribution in [2.75, 3.05) is 68.8 Å². The number of carbonyl (C=O) groups is 3. The van der Waals surface area contributed by atoms with Crippen LogP contribution in [0.15, 0.2) is 77.6 Å². The molecule has 89 heavy (non-hydrogen) atoms. The molecule has 0 radical (unpaired) electrons. The zero-order chi connectivity index (χ0) is 62.6. The Morgan fingerprint density at radius 2 is 1.67 bits per heavy atom. The lowest BCUT2D eigenvalue weighted by Gasteiger charge is -2.44. The molecule has 10 heterocycles. The summed E-state index contributed by atoms with van der Waals surface area (Å²) in [5, 5.41) is 34.4. The number of hydrogen-bond acceptors (Lipinski definition) is 16. The number of terminal acetylenes is 1. The summed E-state index contributed by atoms with van der Waals surface area (Å²) in [6.45, 7) is 16.4. The maximum atomic E-state index is 17.4. The number of benzene rings is 3. The summed E-state index contributed by atoms with van der Waals surface area (Å²) in [6, 6.07) is 15.6. The first-order valence-corrected chi connectivity index (χ1v) is 31.2. The van der Waals surface area contributed by atoms with Crippen molar-refractivity contribution < 1.29 is 47.4 Å². The van der Waals surface area contributed by atoms with E-state index in [9.17, 15) is 24.6 Å². The number of aromatic hydroxyl groups is 1. The summed E-state index contributed by atoms with van der Waals surface area (Å²) < 4.78 is 52.6. The number of fused-ring (bicyclic) bond motifs is 6. The summed E-state index contributed by atoms with van der Waals surface area (Å²) in [4.78, 5) is 66.0. The van der Waals surface area contributed by atoms with Crippen LogP contribution in [0.4, 0.5) is 25.2 Å². The first-order valence-electron chi connectivity index (χ1n) is 31.2. The number of piperidine rings is 1. The third kappa shape index (κ3) is 12.5. The quantitative estimate of drug-likeness (QED) is 0.0767. The van der Waals surface area contributed by atoms with Crippen molar-refractivity contribution in [2.45, 2.75) is 128 Å². The molecule has 0 saturated carbocycles.